The quantitative estimate of drug-likeness (QED) is 0.427. The van der Waals surface area contributed by atoms with Crippen LogP contribution in [-0.4, -0.2) is 91.8 Å². The molecule has 4 heterocycles. The van der Waals surface area contributed by atoms with Gasteiger partial charge in [-0.25, -0.2) is 13.8 Å². The molecule has 7 rings (SSSR count). The van der Waals surface area contributed by atoms with Crippen LogP contribution >= 0.6 is 23.4 Å². The molecular weight excluding hydrogens is 610 g/mol. The first-order chi connectivity index (χ1) is 21.0. The molecule has 0 amide bonds. The number of carboxylic acid groups (broad SMARTS) is 1. The number of hydrogen-bond donors (Lipinski definition) is 2. The third-order valence-electron chi connectivity index (χ3n) is 11.8. The lowest BCUT2D eigenvalue weighted by molar-refractivity contribution is -0.152. The Labute approximate surface area is 267 Å². The van der Waals surface area contributed by atoms with E-state index in [1.54, 1.807) is 16.3 Å². The first-order valence-corrected chi connectivity index (χ1v) is 18.1. The minimum absolute atomic E-state index is 0.00197. The highest BCUT2D eigenvalue weighted by Gasteiger charge is 2.60. The van der Waals surface area contributed by atoms with Crippen LogP contribution in [0.3, 0.4) is 0 Å². The van der Waals surface area contributed by atoms with E-state index in [0.717, 1.165) is 43.4 Å². The molecule has 44 heavy (non-hydrogen) atoms. The van der Waals surface area contributed by atoms with Gasteiger partial charge in [0.1, 0.15) is 5.82 Å². The number of aliphatic carboxylic acids is 1. The third-order valence-corrected chi connectivity index (χ3v) is 13.8. The number of halogens is 3. The van der Waals surface area contributed by atoms with Gasteiger partial charge >= 0.3 is 5.97 Å². The Bertz CT molecular complexity index is 1330. The monoisotopic (exact) mass is 654 g/mol. The summed E-state index contributed by atoms with van der Waals surface area (Å²) in [7, 11) is 0. The van der Waals surface area contributed by atoms with Gasteiger partial charge in [-0.2, -0.15) is 11.8 Å². The van der Waals surface area contributed by atoms with Gasteiger partial charge < -0.3 is 15.2 Å². The number of fused-ring (bicyclic) bond motifs is 3. The molecule has 0 aromatic carbocycles. The second-order valence-corrected chi connectivity index (χ2v) is 16.3. The topological polar surface area (TPSA) is 96.7 Å². The van der Waals surface area contributed by atoms with E-state index >= 15 is 0 Å². The number of ether oxygens (including phenoxy) is 1. The minimum Gasteiger partial charge on any atom is -0.481 e. The highest BCUT2D eigenvalue weighted by Crippen LogP contribution is 2.53. The van der Waals surface area contributed by atoms with Crippen molar-refractivity contribution in [3.8, 4) is 0 Å². The molecular formula is C32H45ClF2N4O4S. The molecule has 12 heteroatoms. The van der Waals surface area contributed by atoms with E-state index in [1.165, 1.54) is 0 Å². The van der Waals surface area contributed by atoms with Crippen molar-refractivity contribution >= 4 is 29.3 Å². The number of hydrogen-bond acceptors (Lipinski definition) is 7. The molecule has 0 radical (unpaired) electrons. The Hall–Kier alpha value is -1.27. The molecule has 1 aromatic rings. The molecule has 8 nitrogen and oxygen atoms in total. The lowest BCUT2D eigenvalue weighted by Crippen LogP contribution is -2.57. The molecule has 2 saturated carbocycles. The molecule has 8 unspecified atom stereocenters. The summed E-state index contributed by atoms with van der Waals surface area (Å²) >= 11 is 8.50. The van der Waals surface area contributed by atoms with Crippen molar-refractivity contribution in [3.05, 3.63) is 27.4 Å². The van der Waals surface area contributed by atoms with Crippen molar-refractivity contribution in [3.63, 3.8) is 0 Å². The van der Waals surface area contributed by atoms with E-state index in [0.29, 0.717) is 56.6 Å². The number of piperidine rings is 1. The fourth-order valence-corrected chi connectivity index (χ4v) is 11.7. The van der Waals surface area contributed by atoms with Gasteiger partial charge in [0, 0.05) is 65.5 Å². The molecule has 5 fully saturated rings. The van der Waals surface area contributed by atoms with Crippen LogP contribution in [0.25, 0.3) is 0 Å². The number of aromatic nitrogens is 2. The molecule has 2 N–H and O–H groups in total. The number of likely N-dealkylation sites (tertiary alicyclic amines) is 1. The maximum Gasteiger partial charge on any atom is 0.308 e. The van der Waals surface area contributed by atoms with Gasteiger partial charge in [-0.1, -0.05) is 0 Å². The van der Waals surface area contributed by atoms with Crippen LogP contribution in [0.4, 0.5) is 8.78 Å². The Morgan fingerprint density at radius 3 is 2.80 bits per heavy atom. The van der Waals surface area contributed by atoms with Gasteiger partial charge in [-0.3, -0.25) is 19.1 Å². The highest BCUT2D eigenvalue weighted by molar-refractivity contribution is 8.00. The summed E-state index contributed by atoms with van der Waals surface area (Å²) in [6, 6.07) is 0.307. The Morgan fingerprint density at radius 1 is 1.23 bits per heavy atom. The summed E-state index contributed by atoms with van der Waals surface area (Å²) in [6.45, 7) is 5.96. The van der Waals surface area contributed by atoms with Gasteiger partial charge in [-0.05, 0) is 76.5 Å². The fraction of sp³-hybridized carbons (Fsp3) is 0.844. The van der Waals surface area contributed by atoms with Crippen LogP contribution in [0.5, 0.6) is 0 Å². The molecule has 6 aliphatic rings. The number of carboxylic acids is 1. The predicted octanol–water partition coefficient (Wildman–Crippen LogP) is 3.97. The molecule has 1 aromatic heterocycles. The van der Waals surface area contributed by atoms with Crippen LogP contribution in [0, 0.1) is 36.5 Å². The third kappa shape index (κ3) is 5.64. The molecule has 11 atom stereocenters. The molecule has 244 valence electrons. The second-order valence-electron chi connectivity index (χ2n) is 14.4. The maximum atomic E-state index is 14.0. The predicted molar refractivity (Wildman–Crippen MR) is 166 cm³/mol. The summed E-state index contributed by atoms with van der Waals surface area (Å²) in [5.74, 6) is -2.21. The average molecular weight is 655 g/mol. The lowest BCUT2D eigenvalue weighted by Gasteiger charge is -2.47. The smallest absolute Gasteiger partial charge is 0.308 e. The van der Waals surface area contributed by atoms with Crippen molar-refractivity contribution in [1.82, 2.24) is 19.8 Å². The molecule has 3 aliphatic carbocycles. The Balaban J connectivity index is 1.02. The number of thioether (sulfide) groups is 1. The van der Waals surface area contributed by atoms with E-state index in [-0.39, 0.29) is 64.6 Å². The lowest BCUT2D eigenvalue weighted by atomic mass is 9.70. The summed E-state index contributed by atoms with van der Waals surface area (Å²) < 4.78 is 36.4. The van der Waals surface area contributed by atoms with Crippen LogP contribution in [0.2, 0.25) is 0 Å². The molecule has 0 bridgehead atoms. The number of nitrogens with one attached hydrogen (secondary N) is 1. The van der Waals surface area contributed by atoms with Gasteiger partial charge in [0.15, 0.2) is 0 Å². The standard InChI is InChI=1S/C32H45ClF2N4O4S/c1-16-9-22(29-28(36-16)24(15-44-29)31(41)42)21-10-19(33)3-6-27(21)43-8-7-39-17(2)37-26-5-4-20(11-23(26)30(39)40)38-13-18-12-32(34,35)25(18)14-38/h16,18-22,24-25,27-29,36H,3-15H2,1-2H3,(H,41,42)/t16?,18-,19?,20-,21?,22?,24?,25+,27?,28?,29?/m0/s1. The number of nitrogens with zero attached hydrogens (tertiary/aromatic N) is 3. The zero-order valence-electron chi connectivity index (χ0n) is 25.6. The molecule has 0 spiro atoms. The van der Waals surface area contributed by atoms with Crippen molar-refractivity contribution in [2.45, 2.75) is 113 Å². The minimum atomic E-state index is -2.54. The normalized spacial score (nSPS) is 41.4. The number of alkyl halides is 3. The van der Waals surface area contributed by atoms with Crippen molar-refractivity contribution in [2.75, 3.05) is 25.4 Å². The van der Waals surface area contributed by atoms with Crippen molar-refractivity contribution in [2.24, 2.45) is 29.6 Å². The molecule has 3 saturated heterocycles. The van der Waals surface area contributed by atoms with Crippen molar-refractivity contribution < 1.29 is 23.4 Å². The largest absolute Gasteiger partial charge is 0.481 e. The van der Waals surface area contributed by atoms with Crippen molar-refractivity contribution in [1.29, 1.82) is 0 Å². The number of rotatable bonds is 7. The van der Waals surface area contributed by atoms with E-state index in [9.17, 15) is 23.5 Å². The van der Waals surface area contributed by atoms with Crippen LogP contribution in [0.15, 0.2) is 4.79 Å². The fourth-order valence-electron chi connectivity index (χ4n) is 9.52. The van der Waals surface area contributed by atoms with Crippen LogP contribution in [0.1, 0.15) is 62.5 Å². The van der Waals surface area contributed by atoms with E-state index < -0.39 is 17.8 Å². The zero-order valence-corrected chi connectivity index (χ0v) is 27.2. The zero-order chi connectivity index (χ0) is 30.9. The van der Waals surface area contributed by atoms with E-state index in [4.69, 9.17) is 21.3 Å². The van der Waals surface area contributed by atoms with Gasteiger partial charge in [0.05, 0.1) is 30.9 Å². The average Bonchev–Trinajstić information content (AvgIpc) is 3.57. The van der Waals surface area contributed by atoms with Crippen LogP contribution in [-0.2, 0) is 28.9 Å². The Morgan fingerprint density at radius 2 is 2.05 bits per heavy atom. The first kappa shape index (κ1) is 31.3. The van der Waals surface area contributed by atoms with Gasteiger partial charge in [0.25, 0.3) is 11.5 Å². The second kappa shape index (κ2) is 12.1. The van der Waals surface area contributed by atoms with E-state index in [2.05, 4.69) is 17.1 Å². The highest BCUT2D eigenvalue weighted by atomic mass is 35.5. The Kier molecular flexibility index (Phi) is 8.60. The number of aryl methyl sites for hydroxylation is 2. The van der Waals surface area contributed by atoms with Gasteiger partial charge in [-0.15, -0.1) is 11.6 Å². The summed E-state index contributed by atoms with van der Waals surface area (Å²) in [5.41, 5.74) is 1.57. The summed E-state index contributed by atoms with van der Waals surface area (Å²) in [4.78, 5) is 32.8. The summed E-state index contributed by atoms with van der Waals surface area (Å²) in [6.07, 6.45) is 5.71. The molecule has 3 aliphatic heterocycles. The van der Waals surface area contributed by atoms with Gasteiger partial charge in [0.2, 0.25) is 0 Å². The summed E-state index contributed by atoms with van der Waals surface area (Å²) in [5, 5.41) is 13.7. The van der Waals surface area contributed by atoms with Crippen LogP contribution < -0.4 is 10.9 Å². The first-order valence-electron chi connectivity index (χ1n) is 16.6. The maximum absolute atomic E-state index is 14.0. The SMILES string of the molecule is Cc1nc2c(c(=O)n1CCOC1CCC(Cl)CC1C1CC(C)NC3C(C(=O)O)CSC13)C[C@@H](N1C[C@@H]3CC(F)(F)[C@@H]3C1)CC2. The number of carbonyl (C=O) groups is 1. The van der Waals surface area contributed by atoms with E-state index in [1.807, 2.05) is 6.92 Å².